The van der Waals surface area contributed by atoms with Crippen molar-refractivity contribution in [3.63, 3.8) is 0 Å². The van der Waals surface area contributed by atoms with Gasteiger partial charge in [-0.05, 0) is 35.6 Å². The molecule has 3 rings (SSSR count). The highest BCUT2D eigenvalue weighted by Crippen LogP contribution is 2.31. The Kier molecular flexibility index (Phi) is 4.22. The summed E-state index contributed by atoms with van der Waals surface area (Å²) in [6, 6.07) is 9.30. The molecule has 0 unspecified atom stereocenters. The number of carbonyl (C=O) groups is 2. The molecule has 6 heteroatoms. The molecule has 0 bridgehead atoms. The summed E-state index contributed by atoms with van der Waals surface area (Å²) in [6.45, 7) is 0.713. The zero-order valence-electron chi connectivity index (χ0n) is 12.2. The number of benzene rings is 1. The van der Waals surface area contributed by atoms with Crippen LogP contribution in [-0.4, -0.2) is 32.1 Å². The Balaban J connectivity index is 1.80. The van der Waals surface area contributed by atoms with E-state index < -0.39 is 0 Å². The molecule has 2 aromatic rings. The molecule has 0 fully saturated rings. The van der Waals surface area contributed by atoms with Crippen molar-refractivity contribution in [1.29, 1.82) is 0 Å². The lowest BCUT2D eigenvalue weighted by atomic mass is 10.1. The summed E-state index contributed by atoms with van der Waals surface area (Å²) in [5.74, 6) is -0.203. The maximum Gasteiger partial charge on any atom is 0.265 e. The fourth-order valence-corrected chi connectivity index (χ4v) is 3.14. The van der Waals surface area contributed by atoms with E-state index in [1.807, 2.05) is 29.6 Å². The van der Waals surface area contributed by atoms with Crippen LogP contribution in [0, 0.1) is 0 Å². The van der Waals surface area contributed by atoms with Crippen LogP contribution in [0.2, 0.25) is 0 Å². The predicted octanol–water partition coefficient (Wildman–Crippen LogP) is 2.54. The highest BCUT2D eigenvalue weighted by Gasteiger charge is 2.24. The van der Waals surface area contributed by atoms with Gasteiger partial charge in [0.1, 0.15) is 6.61 Å². The van der Waals surface area contributed by atoms with Crippen molar-refractivity contribution in [2.24, 2.45) is 0 Å². The molecule has 1 aromatic carbocycles. The van der Waals surface area contributed by atoms with E-state index in [9.17, 15) is 9.59 Å². The first kappa shape index (κ1) is 14.7. The lowest BCUT2D eigenvalue weighted by molar-refractivity contribution is -0.122. The molecule has 1 aromatic heterocycles. The summed E-state index contributed by atoms with van der Waals surface area (Å²) in [5, 5.41) is 4.73. The van der Waals surface area contributed by atoms with E-state index in [0.29, 0.717) is 17.1 Å². The van der Waals surface area contributed by atoms with Gasteiger partial charge in [0.25, 0.3) is 11.8 Å². The number of fused-ring (bicyclic) bond motifs is 1. The van der Waals surface area contributed by atoms with Gasteiger partial charge in [-0.1, -0.05) is 12.1 Å². The highest BCUT2D eigenvalue weighted by molar-refractivity contribution is 7.12. The Hall–Kier alpha value is -2.18. The zero-order valence-corrected chi connectivity index (χ0v) is 13.0. The maximum atomic E-state index is 12.1. The largest absolute Gasteiger partial charge is 0.375 e. The zero-order chi connectivity index (χ0) is 15.5. The van der Waals surface area contributed by atoms with E-state index in [2.05, 4.69) is 5.32 Å². The molecule has 1 aliphatic rings. The number of amides is 2. The Bertz CT molecular complexity index is 697. The lowest BCUT2D eigenvalue weighted by Crippen LogP contribution is -2.32. The van der Waals surface area contributed by atoms with E-state index in [-0.39, 0.29) is 18.4 Å². The van der Waals surface area contributed by atoms with Crippen molar-refractivity contribution in [2.45, 2.75) is 6.42 Å². The predicted molar refractivity (Wildman–Crippen MR) is 86.6 cm³/mol. The van der Waals surface area contributed by atoms with Crippen LogP contribution in [0.15, 0.2) is 35.7 Å². The van der Waals surface area contributed by atoms with Gasteiger partial charge in [-0.25, -0.2) is 0 Å². The van der Waals surface area contributed by atoms with Gasteiger partial charge in [-0.3, -0.25) is 9.59 Å². The SMILES string of the molecule is COCC(=O)N1CCc2ccc(NC(=O)c3cccs3)cc21. The fraction of sp³-hybridized carbons (Fsp3) is 0.250. The Morgan fingerprint density at radius 2 is 2.23 bits per heavy atom. The first-order chi connectivity index (χ1) is 10.7. The maximum absolute atomic E-state index is 12.1. The highest BCUT2D eigenvalue weighted by atomic mass is 32.1. The van der Waals surface area contributed by atoms with Gasteiger partial charge in [0.15, 0.2) is 0 Å². The quantitative estimate of drug-likeness (QED) is 0.943. The summed E-state index contributed by atoms with van der Waals surface area (Å²) in [6.07, 6.45) is 0.823. The molecule has 0 aliphatic carbocycles. The average Bonchev–Trinajstić information content (AvgIpc) is 3.17. The summed E-state index contributed by atoms with van der Waals surface area (Å²) in [5.41, 5.74) is 2.65. The van der Waals surface area contributed by atoms with E-state index in [4.69, 9.17) is 4.74 Å². The smallest absolute Gasteiger partial charge is 0.265 e. The van der Waals surface area contributed by atoms with Crippen LogP contribution in [0.4, 0.5) is 11.4 Å². The second-order valence-electron chi connectivity index (χ2n) is 5.00. The van der Waals surface area contributed by atoms with Gasteiger partial charge in [0, 0.05) is 25.0 Å². The molecule has 0 atom stereocenters. The third kappa shape index (κ3) is 2.88. The van der Waals surface area contributed by atoms with Crippen molar-refractivity contribution in [1.82, 2.24) is 0 Å². The van der Waals surface area contributed by atoms with Crippen LogP contribution < -0.4 is 10.2 Å². The molecule has 5 nitrogen and oxygen atoms in total. The lowest BCUT2D eigenvalue weighted by Gasteiger charge is -2.17. The van der Waals surface area contributed by atoms with Crippen molar-refractivity contribution in [3.05, 3.63) is 46.2 Å². The molecule has 22 heavy (non-hydrogen) atoms. The molecule has 2 heterocycles. The number of nitrogens with zero attached hydrogens (tertiary/aromatic N) is 1. The molecule has 0 radical (unpaired) electrons. The van der Waals surface area contributed by atoms with Gasteiger partial charge in [0.2, 0.25) is 0 Å². The number of anilines is 2. The first-order valence-electron chi connectivity index (χ1n) is 6.96. The minimum absolute atomic E-state index is 0.0607. The van der Waals surface area contributed by atoms with Gasteiger partial charge in [-0.2, -0.15) is 0 Å². The number of nitrogens with one attached hydrogen (secondary N) is 1. The minimum Gasteiger partial charge on any atom is -0.375 e. The molecular weight excluding hydrogens is 300 g/mol. The van der Waals surface area contributed by atoms with E-state index in [1.165, 1.54) is 18.4 Å². The normalized spacial score (nSPS) is 13.0. The summed E-state index contributed by atoms with van der Waals surface area (Å²) in [4.78, 5) is 26.5. The number of thiophene rings is 1. The second-order valence-corrected chi connectivity index (χ2v) is 5.95. The third-order valence-electron chi connectivity index (χ3n) is 3.55. The van der Waals surface area contributed by atoms with Crippen molar-refractivity contribution >= 4 is 34.5 Å². The van der Waals surface area contributed by atoms with Crippen molar-refractivity contribution < 1.29 is 14.3 Å². The van der Waals surface area contributed by atoms with Gasteiger partial charge in [0.05, 0.1) is 4.88 Å². The van der Waals surface area contributed by atoms with Crippen LogP contribution in [0.5, 0.6) is 0 Å². The summed E-state index contributed by atoms with van der Waals surface area (Å²) in [7, 11) is 1.51. The molecule has 114 valence electrons. The third-order valence-corrected chi connectivity index (χ3v) is 4.42. The number of ether oxygens (including phenoxy) is 1. The summed E-state index contributed by atoms with van der Waals surface area (Å²) < 4.78 is 4.92. The monoisotopic (exact) mass is 316 g/mol. The van der Waals surface area contributed by atoms with Crippen LogP contribution in [0.3, 0.4) is 0 Å². The molecule has 0 spiro atoms. The van der Waals surface area contributed by atoms with Crippen LogP contribution in [0.25, 0.3) is 0 Å². The minimum atomic E-state index is -0.136. The topological polar surface area (TPSA) is 58.6 Å². The molecular formula is C16H16N2O3S. The molecule has 2 amide bonds. The number of hydrogen-bond acceptors (Lipinski definition) is 4. The van der Waals surface area contributed by atoms with Gasteiger partial charge in [-0.15, -0.1) is 11.3 Å². The molecule has 0 saturated heterocycles. The summed E-state index contributed by atoms with van der Waals surface area (Å²) >= 11 is 1.39. The number of carbonyl (C=O) groups excluding carboxylic acids is 2. The number of methoxy groups -OCH3 is 1. The Morgan fingerprint density at radius 1 is 1.36 bits per heavy atom. The van der Waals surface area contributed by atoms with Crippen molar-refractivity contribution in [2.75, 3.05) is 30.5 Å². The van der Waals surface area contributed by atoms with Gasteiger partial charge >= 0.3 is 0 Å². The van der Waals surface area contributed by atoms with Crippen LogP contribution in [-0.2, 0) is 16.0 Å². The standard InChI is InChI=1S/C16H16N2O3S/c1-21-10-15(19)18-7-6-11-4-5-12(9-13(11)18)17-16(20)14-3-2-8-22-14/h2-5,8-9H,6-7,10H2,1H3,(H,17,20). The van der Waals surface area contributed by atoms with Gasteiger partial charge < -0.3 is 15.0 Å². The first-order valence-corrected chi connectivity index (χ1v) is 7.84. The van der Waals surface area contributed by atoms with Crippen LogP contribution in [0.1, 0.15) is 15.2 Å². The Labute approximate surface area is 132 Å². The van der Waals surface area contributed by atoms with Crippen molar-refractivity contribution in [3.8, 4) is 0 Å². The second kappa shape index (κ2) is 6.29. The molecule has 1 N–H and O–H groups in total. The molecule has 0 saturated carbocycles. The van der Waals surface area contributed by atoms with E-state index in [0.717, 1.165) is 17.7 Å². The fourth-order valence-electron chi connectivity index (χ4n) is 2.52. The molecule has 1 aliphatic heterocycles. The number of hydrogen-bond donors (Lipinski definition) is 1. The van der Waals surface area contributed by atoms with E-state index in [1.54, 1.807) is 11.0 Å². The Morgan fingerprint density at radius 3 is 2.95 bits per heavy atom. The average molecular weight is 316 g/mol. The van der Waals surface area contributed by atoms with E-state index >= 15 is 0 Å². The van der Waals surface area contributed by atoms with Crippen LogP contribution >= 0.6 is 11.3 Å². The number of rotatable bonds is 4.